The van der Waals surface area contributed by atoms with Crippen molar-refractivity contribution in [1.29, 1.82) is 5.41 Å². The molecular weight excluding hydrogens is 384 g/mol. The zero-order valence-electron chi connectivity index (χ0n) is 15.9. The maximum absolute atomic E-state index is 12.6. The van der Waals surface area contributed by atoms with Crippen LogP contribution in [0.3, 0.4) is 0 Å². The van der Waals surface area contributed by atoms with E-state index in [0.29, 0.717) is 12.8 Å². The van der Waals surface area contributed by atoms with Gasteiger partial charge in [-0.05, 0) is 12.8 Å². The fraction of sp³-hybridized carbons (Fsp3) is 0.588. The van der Waals surface area contributed by atoms with Crippen LogP contribution in [-0.2, 0) is 4.79 Å². The minimum atomic E-state index is -0.631. The highest BCUT2D eigenvalue weighted by Crippen LogP contribution is 2.19. The minimum absolute atomic E-state index is 0.0697. The van der Waals surface area contributed by atoms with E-state index in [-0.39, 0.29) is 34.9 Å². The van der Waals surface area contributed by atoms with Gasteiger partial charge in [0.2, 0.25) is 5.91 Å². The molecule has 0 unspecified atom stereocenters. The molecule has 0 aliphatic rings. The van der Waals surface area contributed by atoms with Gasteiger partial charge in [0.05, 0.1) is 0 Å². The van der Waals surface area contributed by atoms with Crippen LogP contribution in [-0.4, -0.2) is 39.2 Å². The molecule has 1 rings (SSSR count). The number of nitrogens with one attached hydrogen (secondary N) is 1. The van der Waals surface area contributed by atoms with Gasteiger partial charge in [0.25, 0.3) is 5.91 Å². The quantitative estimate of drug-likeness (QED) is 0.195. The Morgan fingerprint density at radius 3 is 1.96 bits per heavy atom. The van der Waals surface area contributed by atoms with E-state index in [4.69, 9.17) is 39.9 Å². The largest absolute Gasteiger partial charge is 0.382 e. The Balaban J connectivity index is 2.38. The molecule has 11 heteroatoms. The zero-order chi connectivity index (χ0) is 21.1. The molecule has 1 aromatic rings. The van der Waals surface area contributed by atoms with Crippen LogP contribution in [0, 0.1) is 5.41 Å². The number of nitrogens with zero attached hydrogens (tertiary/aromatic N) is 3. The van der Waals surface area contributed by atoms with Crippen molar-refractivity contribution in [2.45, 2.75) is 57.8 Å². The number of nitrogen functional groups attached to an aromatic ring is 2. The van der Waals surface area contributed by atoms with Crippen LogP contribution in [0.4, 0.5) is 11.6 Å². The number of unbranched alkanes of at least 4 members (excludes halogenated alkanes) is 7. The molecule has 0 bridgehead atoms. The molecule has 0 saturated heterocycles. The van der Waals surface area contributed by atoms with E-state index < -0.39 is 11.9 Å². The number of rotatable bonds is 12. The lowest BCUT2D eigenvalue weighted by molar-refractivity contribution is -0.118. The Kier molecular flexibility index (Phi) is 10.0. The number of guanidine groups is 1. The van der Waals surface area contributed by atoms with Crippen LogP contribution in [0.2, 0.25) is 5.15 Å². The molecule has 0 radical (unpaired) electrons. The van der Waals surface area contributed by atoms with Crippen molar-refractivity contribution in [2.24, 2.45) is 11.5 Å². The average Bonchev–Trinajstić information content (AvgIpc) is 2.61. The normalized spacial score (nSPS) is 10.6. The van der Waals surface area contributed by atoms with Crippen LogP contribution < -0.4 is 22.9 Å². The van der Waals surface area contributed by atoms with Gasteiger partial charge in [0.15, 0.2) is 28.4 Å². The van der Waals surface area contributed by atoms with Gasteiger partial charge in [-0.15, -0.1) is 0 Å². The summed E-state index contributed by atoms with van der Waals surface area (Å²) in [5.41, 5.74) is 21.7. The van der Waals surface area contributed by atoms with Crippen molar-refractivity contribution in [3.05, 3.63) is 10.8 Å². The summed E-state index contributed by atoms with van der Waals surface area (Å²) in [5, 5.41) is 7.51. The predicted octanol–water partition coefficient (Wildman–Crippen LogP) is 1.63. The number of amides is 2. The predicted molar refractivity (Wildman–Crippen MR) is 110 cm³/mol. The van der Waals surface area contributed by atoms with Gasteiger partial charge in [0, 0.05) is 13.0 Å². The van der Waals surface area contributed by atoms with Crippen LogP contribution in [0.1, 0.15) is 68.3 Å². The van der Waals surface area contributed by atoms with Crippen molar-refractivity contribution in [3.8, 4) is 0 Å². The van der Waals surface area contributed by atoms with Crippen molar-refractivity contribution < 1.29 is 9.59 Å². The monoisotopic (exact) mass is 412 g/mol. The van der Waals surface area contributed by atoms with Crippen LogP contribution in [0.15, 0.2) is 0 Å². The van der Waals surface area contributed by atoms with Gasteiger partial charge in [-0.3, -0.25) is 19.9 Å². The summed E-state index contributed by atoms with van der Waals surface area (Å²) in [6.07, 6.45) is 8.09. The Morgan fingerprint density at radius 2 is 1.43 bits per heavy atom. The second kappa shape index (κ2) is 12.0. The van der Waals surface area contributed by atoms with E-state index in [1.807, 2.05) is 0 Å². The molecular formula is C17H29ClN8O2. The number of halogens is 1. The van der Waals surface area contributed by atoms with Crippen molar-refractivity contribution in [2.75, 3.05) is 18.0 Å². The molecule has 0 fully saturated rings. The topological polar surface area (TPSA) is 191 Å². The molecule has 0 aliphatic carbocycles. The van der Waals surface area contributed by atoms with Gasteiger partial charge < -0.3 is 22.9 Å². The standard InChI is InChI=1S/C17H29ClN8O2/c18-13-15(21)25-14(20)12(24-13)16(28)26(17(22)23)10-8-6-4-2-1-3-5-7-9-11(19)27/h1-10H2,(H2,19,27)(H3,22,23)(H4,20,21,25). The number of nitrogens with two attached hydrogens (primary N) is 4. The first kappa shape index (κ1) is 23.4. The van der Waals surface area contributed by atoms with Gasteiger partial charge in [-0.1, -0.05) is 50.1 Å². The van der Waals surface area contributed by atoms with Crippen molar-refractivity contribution in [3.63, 3.8) is 0 Å². The highest BCUT2D eigenvalue weighted by Gasteiger charge is 2.23. The molecule has 0 aromatic carbocycles. The molecule has 28 heavy (non-hydrogen) atoms. The molecule has 1 aromatic heterocycles. The number of primary amides is 1. The highest BCUT2D eigenvalue weighted by molar-refractivity contribution is 6.31. The Hall–Kier alpha value is -2.62. The van der Waals surface area contributed by atoms with Gasteiger partial charge in [-0.25, -0.2) is 9.97 Å². The zero-order valence-corrected chi connectivity index (χ0v) is 16.7. The number of aromatic nitrogens is 2. The molecule has 9 N–H and O–H groups in total. The molecule has 0 aliphatic heterocycles. The van der Waals surface area contributed by atoms with Crippen molar-refractivity contribution in [1.82, 2.24) is 14.9 Å². The summed E-state index contributed by atoms with van der Waals surface area (Å²) in [6, 6.07) is 0. The fourth-order valence-corrected chi connectivity index (χ4v) is 2.81. The van der Waals surface area contributed by atoms with E-state index in [1.54, 1.807) is 0 Å². The van der Waals surface area contributed by atoms with Crippen molar-refractivity contribution >= 4 is 41.0 Å². The smallest absolute Gasteiger partial charge is 0.283 e. The number of hydrogen-bond donors (Lipinski definition) is 5. The summed E-state index contributed by atoms with van der Waals surface area (Å²) in [7, 11) is 0. The molecule has 1 heterocycles. The summed E-state index contributed by atoms with van der Waals surface area (Å²) < 4.78 is 0. The molecule has 0 saturated carbocycles. The molecule has 2 amide bonds. The molecule has 156 valence electrons. The van der Waals surface area contributed by atoms with Gasteiger partial charge >= 0.3 is 0 Å². The maximum Gasteiger partial charge on any atom is 0.283 e. The lowest BCUT2D eigenvalue weighted by Gasteiger charge is -2.20. The second-order valence-corrected chi connectivity index (χ2v) is 6.88. The first-order valence-corrected chi connectivity index (χ1v) is 9.64. The van der Waals surface area contributed by atoms with Crippen LogP contribution in [0.25, 0.3) is 0 Å². The van der Waals surface area contributed by atoms with Gasteiger partial charge in [0.1, 0.15) is 0 Å². The first-order valence-electron chi connectivity index (χ1n) is 9.26. The van der Waals surface area contributed by atoms with E-state index in [9.17, 15) is 9.59 Å². The fourth-order valence-electron chi connectivity index (χ4n) is 2.69. The van der Waals surface area contributed by atoms with Crippen LogP contribution >= 0.6 is 11.6 Å². The summed E-state index contributed by atoms with van der Waals surface area (Å²) in [6.45, 7) is 0.274. The number of anilines is 2. The third-order valence-corrected chi connectivity index (χ3v) is 4.48. The molecule has 0 atom stereocenters. The van der Waals surface area contributed by atoms with Crippen LogP contribution in [0.5, 0.6) is 0 Å². The lowest BCUT2D eigenvalue weighted by Crippen LogP contribution is -2.42. The SMILES string of the molecule is N=C(N)N(CCCCCCCCCCC(N)=O)C(=O)c1nc(Cl)c(N)nc1N. The number of carbonyl (C=O) groups excluding carboxylic acids is 2. The Labute approximate surface area is 169 Å². The first-order chi connectivity index (χ1) is 13.2. The summed E-state index contributed by atoms with van der Waals surface area (Å²) >= 11 is 5.80. The van der Waals surface area contributed by atoms with E-state index in [1.165, 1.54) is 0 Å². The summed E-state index contributed by atoms with van der Waals surface area (Å²) in [4.78, 5) is 31.9. The third-order valence-electron chi connectivity index (χ3n) is 4.20. The lowest BCUT2D eigenvalue weighted by atomic mass is 10.1. The third kappa shape index (κ3) is 7.95. The number of hydrogen-bond acceptors (Lipinski definition) is 7. The average molecular weight is 413 g/mol. The molecule has 10 nitrogen and oxygen atoms in total. The van der Waals surface area contributed by atoms with E-state index >= 15 is 0 Å². The Bertz CT molecular complexity index is 698. The van der Waals surface area contributed by atoms with E-state index in [0.717, 1.165) is 49.8 Å². The second-order valence-electron chi connectivity index (χ2n) is 6.52. The highest BCUT2D eigenvalue weighted by atomic mass is 35.5. The van der Waals surface area contributed by atoms with E-state index in [2.05, 4.69) is 9.97 Å². The summed E-state index contributed by atoms with van der Waals surface area (Å²) in [5.74, 6) is -1.50. The maximum atomic E-state index is 12.6. The van der Waals surface area contributed by atoms with Gasteiger partial charge in [-0.2, -0.15) is 0 Å². The minimum Gasteiger partial charge on any atom is -0.382 e. The molecule has 0 spiro atoms. The number of carbonyl (C=O) groups is 2. The Morgan fingerprint density at radius 1 is 0.893 bits per heavy atom.